The molecular weight excluding hydrogens is 458 g/mol. The lowest BCUT2D eigenvalue weighted by Gasteiger charge is -2.26. The van der Waals surface area contributed by atoms with Gasteiger partial charge in [-0.25, -0.2) is 4.68 Å². The Morgan fingerprint density at radius 3 is 2.72 bits per heavy atom. The van der Waals surface area contributed by atoms with Gasteiger partial charge >= 0.3 is 0 Å². The van der Waals surface area contributed by atoms with Crippen LogP contribution in [0.2, 0.25) is 0 Å². The Kier molecular flexibility index (Phi) is 5.62. The zero-order valence-electron chi connectivity index (χ0n) is 19.6. The van der Waals surface area contributed by atoms with Crippen molar-refractivity contribution >= 4 is 16.8 Å². The zero-order chi connectivity index (χ0) is 24.5. The van der Waals surface area contributed by atoms with Crippen molar-refractivity contribution < 1.29 is 14.3 Å². The Morgan fingerprint density at radius 1 is 1.08 bits per heavy atom. The van der Waals surface area contributed by atoms with E-state index in [1.165, 1.54) is 0 Å². The third-order valence-corrected chi connectivity index (χ3v) is 6.29. The molecule has 3 aromatic heterocycles. The van der Waals surface area contributed by atoms with Gasteiger partial charge in [-0.1, -0.05) is 11.3 Å². The zero-order valence-corrected chi connectivity index (χ0v) is 19.6. The molecule has 5 aromatic rings. The topological polar surface area (TPSA) is 111 Å². The van der Waals surface area contributed by atoms with Crippen LogP contribution in [0.5, 0.6) is 5.75 Å². The third kappa shape index (κ3) is 3.97. The molecule has 6 rings (SSSR count). The molecule has 1 fully saturated rings. The second-order valence-electron chi connectivity index (χ2n) is 8.41. The molecule has 0 unspecified atom stereocenters. The van der Waals surface area contributed by atoms with E-state index in [9.17, 15) is 4.79 Å². The average molecular weight is 482 g/mol. The molecule has 0 spiro atoms. The summed E-state index contributed by atoms with van der Waals surface area (Å²) in [4.78, 5) is 18.7. The number of amides is 1. The van der Waals surface area contributed by atoms with Crippen molar-refractivity contribution in [3.8, 4) is 34.0 Å². The number of benzene rings is 2. The monoisotopic (exact) mass is 481 g/mol. The Labute approximate surface area is 206 Å². The van der Waals surface area contributed by atoms with Crippen LogP contribution in [0.4, 0.5) is 0 Å². The Hall–Kier alpha value is -4.57. The number of carbonyl (C=O) groups excluding carboxylic acids is 1. The summed E-state index contributed by atoms with van der Waals surface area (Å²) < 4.78 is 12.5. The lowest BCUT2D eigenvalue weighted by molar-refractivity contribution is 0.0303. The number of pyridine rings is 1. The molecule has 1 aliphatic heterocycles. The van der Waals surface area contributed by atoms with E-state index in [1.54, 1.807) is 24.2 Å². The molecule has 10 heteroatoms. The molecule has 1 N–H and O–H groups in total. The first kappa shape index (κ1) is 21.9. The molecule has 4 heterocycles. The fraction of sp³-hybridized carbons (Fsp3) is 0.192. The van der Waals surface area contributed by atoms with Gasteiger partial charge in [0.15, 0.2) is 0 Å². The van der Waals surface area contributed by atoms with Gasteiger partial charge in [0.05, 0.1) is 43.9 Å². The molecule has 180 valence electrons. The van der Waals surface area contributed by atoms with Crippen LogP contribution >= 0.6 is 0 Å². The maximum absolute atomic E-state index is 12.7. The first-order valence-corrected chi connectivity index (χ1v) is 11.6. The van der Waals surface area contributed by atoms with E-state index in [0.29, 0.717) is 49.0 Å². The third-order valence-electron chi connectivity index (χ3n) is 6.29. The first-order chi connectivity index (χ1) is 17.7. The lowest BCUT2D eigenvalue weighted by Crippen LogP contribution is -2.40. The molecule has 10 nitrogen and oxygen atoms in total. The average Bonchev–Trinajstić information content (AvgIpc) is 3.60. The van der Waals surface area contributed by atoms with E-state index >= 15 is 0 Å². The number of morpholine rings is 1. The van der Waals surface area contributed by atoms with Crippen LogP contribution in [0.3, 0.4) is 0 Å². The number of ether oxygens (including phenoxy) is 2. The van der Waals surface area contributed by atoms with E-state index in [0.717, 1.165) is 27.7 Å². The van der Waals surface area contributed by atoms with E-state index in [1.807, 2.05) is 53.6 Å². The molecular formula is C26H23N7O3. The maximum Gasteiger partial charge on any atom is 0.254 e. The fourth-order valence-electron chi connectivity index (χ4n) is 4.36. The Balaban J connectivity index is 1.28. The summed E-state index contributed by atoms with van der Waals surface area (Å²) in [5.74, 6) is 0.706. The minimum atomic E-state index is 0.00811. The molecule has 0 atom stereocenters. The van der Waals surface area contributed by atoms with E-state index in [2.05, 4.69) is 31.6 Å². The van der Waals surface area contributed by atoms with E-state index in [4.69, 9.17) is 9.47 Å². The van der Waals surface area contributed by atoms with Crippen molar-refractivity contribution in [2.24, 2.45) is 0 Å². The molecule has 2 aromatic carbocycles. The van der Waals surface area contributed by atoms with Crippen molar-refractivity contribution in [3.63, 3.8) is 0 Å². The van der Waals surface area contributed by atoms with Crippen molar-refractivity contribution in [3.05, 3.63) is 72.7 Å². The fourth-order valence-corrected chi connectivity index (χ4v) is 4.36. The second kappa shape index (κ2) is 9.23. The summed E-state index contributed by atoms with van der Waals surface area (Å²) in [5.41, 5.74) is 5.59. The Morgan fingerprint density at radius 2 is 1.92 bits per heavy atom. The lowest BCUT2D eigenvalue weighted by atomic mass is 10.0. The summed E-state index contributed by atoms with van der Waals surface area (Å²) in [6, 6.07) is 15.3. The highest BCUT2D eigenvalue weighted by Gasteiger charge is 2.19. The van der Waals surface area contributed by atoms with Crippen molar-refractivity contribution in [1.82, 2.24) is 35.1 Å². The number of hydrogen-bond acceptors (Lipinski definition) is 7. The van der Waals surface area contributed by atoms with Crippen LogP contribution < -0.4 is 4.74 Å². The van der Waals surface area contributed by atoms with E-state index < -0.39 is 0 Å². The summed E-state index contributed by atoms with van der Waals surface area (Å²) in [7, 11) is 1.63. The highest BCUT2D eigenvalue weighted by molar-refractivity contribution is 5.95. The molecule has 36 heavy (non-hydrogen) atoms. The van der Waals surface area contributed by atoms with Gasteiger partial charge in [0, 0.05) is 35.8 Å². The van der Waals surface area contributed by atoms with Crippen LogP contribution in [0.15, 0.2) is 67.1 Å². The number of methoxy groups -OCH3 is 1. The van der Waals surface area contributed by atoms with Gasteiger partial charge in [0.25, 0.3) is 5.91 Å². The Bertz CT molecular complexity index is 1530. The molecule has 0 bridgehead atoms. The van der Waals surface area contributed by atoms with Gasteiger partial charge in [-0.15, -0.1) is 5.10 Å². The molecule has 1 aliphatic rings. The van der Waals surface area contributed by atoms with Crippen molar-refractivity contribution in [1.29, 1.82) is 0 Å². The van der Waals surface area contributed by atoms with Crippen LogP contribution in [0.25, 0.3) is 39.1 Å². The number of nitrogens with one attached hydrogen (secondary N) is 1. The number of carbonyl (C=O) groups is 1. The molecule has 0 saturated carbocycles. The highest BCUT2D eigenvalue weighted by Crippen LogP contribution is 2.33. The number of aromatic nitrogens is 6. The normalized spacial score (nSPS) is 13.8. The van der Waals surface area contributed by atoms with Gasteiger partial charge in [0.1, 0.15) is 17.1 Å². The summed E-state index contributed by atoms with van der Waals surface area (Å²) in [5, 5.41) is 17.1. The molecule has 1 saturated heterocycles. The number of hydrogen-bond donors (Lipinski definition) is 1. The summed E-state index contributed by atoms with van der Waals surface area (Å²) >= 11 is 0. The first-order valence-electron chi connectivity index (χ1n) is 11.6. The van der Waals surface area contributed by atoms with Gasteiger partial charge in [0.2, 0.25) is 0 Å². The van der Waals surface area contributed by atoms with Crippen LogP contribution in [0.1, 0.15) is 10.4 Å². The number of rotatable bonds is 5. The number of aromatic amines is 1. The number of nitrogens with zero attached hydrogens (tertiary/aromatic N) is 6. The van der Waals surface area contributed by atoms with Gasteiger partial charge in [-0.3, -0.25) is 14.9 Å². The SMILES string of the molecule is COc1cnccc1-c1ccc2[nH]nc(-c3cn(-c4ccc(C(=O)N5CCOCC5)cc4)nn3)c2c1. The minimum absolute atomic E-state index is 0.00811. The smallest absolute Gasteiger partial charge is 0.254 e. The quantitative estimate of drug-likeness (QED) is 0.410. The van der Waals surface area contributed by atoms with Gasteiger partial charge in [-0.05, 0) is 48.0 Å². The van der Waals surface area contributed by atoms with Crippen molar-refractivity contribution in [2.45, 2.75) is 0 Å². The predicted octanol–water partition coefficient (Wildman–Crippen LogP) is 3.35. The predicted molar refractivity (Wildman–Crippen MR) is 133 cm³/mol. The number of fused-ring (bicyclic) bond motifs is 1. The van der Waals surface area contributed by atoms with Gasteiger partial charge < -0.3 is 14.4 Å². The van der Waals surface area contributed by atoms with E-state index in [-0.39, 0.29) is 5.91 Å². The minimum Gasteiger partial charge on any atom is -0.494 e. The van der Waals surface area contributed by atoms with Gasteiger partial charge in [-0.2, -0.15) is 5.10 Å². The summed E-state index contributed by atoms with van der Waals surface area (Å²) in [6.07, 6.45) is 5.26. The highest BCUT2D eigenvalue weighted by atomic mass is 16.5. The van der Waals surface area contributed by atoms with Crippen molar-refractivity contribution in [2.75, 3.05) is 33.4 Å². The molecule has 0 radical (unpaired) electrons. The largest absolute Gasteiger partial charge is 0.494 e. The second-order valence-corrected chi connectivity index (χ2v) is 8.41. The standard InChI is InChI=1S/C26H23N7O3/c1-35-24-15-27-9-8-20(24)18-4-7-22-21(14-18)25(30-28-22)23-16-33(31-29-23)19-5-2-17(3-6-19)26(34)32-10-12-36-13-11-32/h2-9,14-16H,10-13H2,1H3,(H,28,30). The molecule has 1 amide bonds. The van der Waals surface area contributed by atoms with Crippen LogP contribution in [-0.4, -0.2) is 74.4 Å². The maximum atomic E-state index is 12.7. The molecule has 0 aliphatic carbocycles. The summed E-state index contributed by atoms with van der Waals surface area (Å²) in [6.45, 7) is 2.37. The van der Waals surface area contributed by atoms with Crippen LogP contribution in [0, 0.1) is 0 Å². The number of H-pyrrole nitrogens is 1. The van der Waals surface area contributed by atoms with Crippen LogP contribution in [-0.2, 0) is 4.74 Å².